The SMILES string of the molecule is C=CCCCCCC(O)c1cc(CC)nn1CC. The van der Waals surface area contributed by atoms with Crippen molar-refractivity contribution in [3.63, 3.8) is 0 Å². The van der Waals surface area contributed by atoms with E-state index in [0.717, 1.165) is 50.0 Å². The lowest BCUT2D eigenvalue weighted by atomic mass is 10.1. The molecule has 0 amide bonds. The Morgan fingerprint density at radius 1 is 1.39 bits per heavy atom. The summed E-state index contributed by atoms with van der Waals surface area (Å²) in [6.07, 6.45) is 7.79. The largest absolute Gasteiger partial charge is 0.387 e. The quantitative estimate of drug-likeness (QED) is 0.537. The van der Waals surface area contributed by atoms with E-state index in [9.17, 15) is 5.11 Å². The Labute approximate surface area is 111 Å². The maximum absolute atomic E-state index is 10.2. The fraction of sp³-hybridized carbons (Fsp3) is 0.667. The minimum absolute atomic E-state index is 0.374. The molecule has 3 heteroatoms. The fourth-order valence-corrected chi connectivity index (χ4v) is 2.13. The van der Waals surface area contributed by atoms with Crippen molar-refractivity contribution >= 4 is 0 Å². The van der Waals surface area contributed by atoms with Gasteiger partial charge < -0.3 is 5.11 Å². The minimum Gasteiger partial charge on any atom is -0.387 e. The number of nitrogens with zero attached hydrogens (tertiary/aromatic N) is 2. The van der Waals surface area contributed by atoms with Gasteiger partial charge in [-0.3, -0.25) is 4.68 Å². The van der Waals surface area contributed by atoms with Gasteiger partial charge in [-0.1, -0.05) is 25.8 Å². The van der Waals surface area contributed by atoms with Crippen LogP contribution in [0.5, 0.6) is 0 Å². The summed E-state index contributed by atoms with van der Waals surface area (Å²) in [6.45, 7) is 8.69. The second-order valence-corrected chi connectivity index (χ2v) is 4.67. The summed E-state index contributed by atoms with van der Waals surface area (Å²) >= 11 is 0. The lowest BCUT2D eigenvalue weighted by Gasteiger charge is -2.11. The smallest absolute Gasteiger partial charge is 0.0956 e. The van der Waals surface area contributed by atoms with Crippen LogP contribution in [0.4, 0.5) is 0 Å². The lowest BCUT2D eigenvalue weighted by Crippen LogP contribution is -2.08. The van der Waals surface area contributed by atoms with Crippen molar-refractivity contribution in [3.05, 3.63) is 30.1 Å². The highest BCUT2D eigenvalue weighted by Crippen LogP contribution is 2.21. The highest BCUT2D eigenvalue weighted by Gasteiger charge is 2.14. The van der Waals surface area contributed by atoms with Gasteiger partial charge in [0.25, 0.3) is 0 Å². The number of rotatable bonds is 9. The van der Waals surface area contributed by atoms with Crippen molar-refractivity contribution in [2.45, 2.75) is 65.0 Å². The molecule has 0 aliphatic rings. The van der Waals surface area contributed by atoms with Crippen LogP contribution in [0.25, 0.3) is 0 Å². The summed E-state index contributed by atoms with van der Waals surface area (Å²) in [6, 6.07) is 2.04. The van der Waals surface area contributed by atoms with Crippen LogP contribution < -0.4 is 0 Å². The van der Waals surface area contributed by atoms with E-state index in [2.05, 4.69) is 25.5 Å². The number of aliphatic hydroxyl groups is 1. The van der Waals surface area contributed by atoms with Gasteiger partial charge in [0.05, 0.1) is 17.5 Å². The molecular weight excluding hydrogens is 224 g/mol. The first kappa shape index (κ1) is 15.0. The zero-order chi connectivity index (χ0) is 13.4. The maximum atomic E-state index is 10.2. The van der Waals surface area contributed by atoms with Crippen LogP contribution >= 0.6 is 0 Å². The molecule has 1 rings (SSSR count). The number of hydrogen-bond donors (Lipinski definition) is 1. The minimum atomic E-state index is -0.374. The molecule has 1 atom stereocenters. The number of aromatic nitrogens is 2. The molecule has 0 aliphatic heterocycles. The van der Waals surface area contributed by atoms with Crippen LogP contribution in [-0.4, -0.2) is 14.9 Å². The Bertz CT molecular complexity index is 357. The third-order valence-corrected chi connectivity index (χ3v) is 3.25. The van der Waals surface area contributed by atoms with Gasteiger partial charge in [-0.2, -0.15) is 5.10 Å². The average molecular weight is 250 g/mol. The monoisotopic (exact) mass is 250 g/mol. The van der Waals surface area contributed by atoms with E-state index in [1.54, 1.807) is 0 Å². The van der Waals surface area contributed by atoms with Crippen LogP contribution in [0.3, 0.4) is 0 Å². The number of aryl methyl sites for hydroxylation is 2. The molecule has 0 bridgehead atoms. The van der Waals surface area contributed by atoms with Gasteiger partial charge in [0.2, 0.25) is 0 Å². The maximum Gasteiger partial charge on any atom is 0.0956 e. The molecule has 1 heterocycles. The van der Waals surface area contributed by atoms with Gasteiger partial charge >= 0.3 is 0 Å². The first-order chi connectivity index (χ1) is 8.72. The van der Waals surface area contributed by atoms with Crippen molar-refractivity contribution in [2.24, 2.45) is 0 Å². The van der Waals surface area contributed by atoms with Crippen molar-refractivity contribution in [1.29, 1.82) is 0 Å². The molecule has 102 valence electrons. The second-order valence-electron chi connectivity index (χ2n) is 4.67. The summed E-state index contributed by atoms with van der Waals surface area (Å²) in [4.78, 5) is 0. The first-order valence-electron chi connectivity index (χ1n) is 7.08. The fourth-order valence-electron chi connectivity index (χ4n) is 2.13. The van der Waals surface area contributed by atoms with Crippen LogP contribution in [0.1, 0.15) is 63.4 Å². The molecule has 0 spiro atoms. The molecule has 1 aromatic rings. The molecule has 0 aliphatic carbocycles. The van der Waals surface area contributed by atoms with Crippen molar-refractivity contribution in [3.8, 4) is 0 Å². The number of unbranched alkanes of at least 4 members (excludes halogenated alkanes) is 3. The van der Waals surface area contributed by atoms with E-state index in [4.69, 9.17) is 0 Å². The van der Waals surface area contributed by atoms with Crippen molar-refractivity contribution in [2.75, 3.05) is 0 Å². The van der Waals surface area contributed by atoms with Crippen molar-refractivity contribution < 1.29 is 5.11 Å². The van der Waals surface area contributed by atoms with Gasteiger partial charge in [0.15, 0.2) is 0 Å². The molecule has 3 nitrogen and oxygen atoms in total. The van der Waals surface area contributed by atoms with E-state index < -0.39 is 0 Å². The van der Waals surface area contributed by atoms with Gasteiger partial charge in [0.1, 0.15) is 0 Å². The molecule has 1 N–H and O–H groups in total. The Kier molecular flexibility index (Phi) is 6.73. The highest BCUT2D eigenvalue weighted by atomic mass is 16.3. The molecule has 18 heavy (non-hydrogen) atoms. The van der Waals surface area contributed by atoms with Crippen LogP contribution in [0, 0.1) is 0 Å². The van der Waals surface area contributed by atoms with Crippen LogP contribution in [0.2, 0.25) is 0 Å². The molecule has 0 radical (unpaired) electrons. The molecule has 0 saturated heterocycles. The zero-order valence-electron chi connectivity index (χ0n) is 11.7. The molecular formula is C15H26N2O. The summed E-state index contributed by atoms with van der Waals surface area (Å²) in [7, 11) is 0. The topological polar surface area (TPSA) is 38.1 Å². The second kappa shape index (κ2) is 8.09. The highest BCUT2D eigenvalue weighted by molar-refractivity contribution is 5.13. The predicted octanol–water partition coefficient (Wildman–Crippen LogP) is 3.64. The Balaban J connectivity index is 2.47. The van der Waals surface area contributed by atoms with E-state index in [1.807, 2.05) is 16.8 Å². The predicted molar refractivity (Wildman–Crippen MR) is 75.5 cm³/mol. The van der Waals surface area contributed by atoms with E-state index in [-0.39, 0.29) is 6.10 Å². The molecule has 0 aromatic carbocycles. The zero-order valence-corrected chi connectivity index (χ0v) is 11.7. The van der Waals surface area contributed by atoms with E-state index >= 15 is 0 Å². The van der Waals surface area contributed by atoms with Gasteiger partial charge in [0, 0.05) is 6.54 Å². The van der Waals surface area contributed by atoms with Gasteiger partial charge in [-0.25, -0.2) is 0 Å². The average Bonchev–Trinajstić information content (AvgIpc) is 2.81. The Morgan fingerprint density at radius 2 is 2.17 bits per heavy atom. The van der Waals surface area contributed by atoms with Crippen molar-refractivity contribution in [1.82, 2.24) is 9.78 Å². The van der Waals surface area contributed by atoms with Crippen LogP contribution in [0.15, 0.2) is 18.7 Å². The summed E-state index contributed by atoms with van der Waals surface area (Å²) in [5.74, 6) is 0. The Morgan fingerprint density at radius 3 is 2.78 bits per heavy atom. The lowest BCUT2D eigenvalue weighted by molar-refractivity contribution is 0.152. The third kappa shape index (κ3) is 4.30. The summed E-state index contributed by atoms with van der Waals surface area (Å²) in [5.41, 5.74) is 2.04. The van der Waals surface area contributed by atoms with Crippen LogP contribution in [-0.2, 0) is 13.0 Å². The summed E-state index contributed by atoms with van der Waals surface area (Å²) in [5, 5.41) is 14.7. The van der Waals surface area contributed by atoms with E-state index in [0.29, 0.717) is 0 Å². The normalized spacial score (nSPS) is 12.6. The number of aliphatic hydroxyl groups excluding tert-OH is 1. The summed E-state index contributed by atoms with van der Waals surface area (Å²) < 4.78 is 1.92. The number of allylic oxidation sites excluding steroid dienone is 1. The van der Waals surface area contributed by atoms with Gasteiger partial charge in [-0.05, 0) is 38.7 Å². The van der Waals surface area contributed by atoms with Gasteiger partial charge in [-0.15, -0.1) is 6.58 Å². The first-order valence-corrected chi connectivity index (χ1v) is 7.08. The Hall–Kier alpha value is -1.09. The standard InChI is InChI=1S/C15H26N2O/c1-4-7-8-9-10-11-15(18)14-12-13(5-2)16-17(14)6-3/h4,12,15,18H,1,5-11H2,2-3H3. The molecule has 0 fully saturated rings. The number of hydrogen-bond acceptors (Lipinski definition) is 2. The van der Waals surface area contributed by atoms with E-state index in [1.165, 1.54) is 6.42 Å². The molecule has 1 unspecified atom stereocenters. The molecule has 0 saturated carbocycles. The third-order valence-electron chi connectivity index (χ3n) is 3.25. The molecule has 1 aromatic heterocycles.